The van der Waals surface area contributed by atoms with Gasteiger partial charge in [-0.05, 0) is 61.2 Å². The molecule has 4 heteroatoms. The van der Waals surface area contributed by atoms with Crippen molar-refractivity contribution in [3.63, 3.8) is 0 Å². The topological polar surface area (TPSA) is 54.1 Å². The zero-order valence-corrected chi connectivity index (χ0v) is 35.5. The molecule has 0 aromatic heterocycles. The first-order valence-corrected chi connectivity index (χ1v) is 17.9. The fourth-order valence-electron chi connectivity index (χ4n) is 6.04. The summed E-state index contributed by atoms with van der Waals surface area (Å²) in [5.74, 6) is 5.82. The highest BCUT2D eigenvalue weighted by atomic mass is 16.1. The highest BCUT2D eigenvalue weighted by Gasteiger charge is 2.11. The molecule has 0 aliphatic carbocycles. The number of hydrogen-bond donors (Lipinski definition) is 0. The lowest BCUT2D eigenvalue weighted by atomic mass is 9.89. The fourth-order valence-corrected chi connectivity index (χ4v) is 6.04. The average Bonchev–Trinajstić information content (AvgIpc) is 2.84. The lowest BCUT2D eigenvalue weighted by Gasteiger charge is -2.17. The fraction of sp³-hybridized carbons (Fsp3) is 0.854. The van der Waals surface area contributed by atoms with Gasteiger partial charge >= 0.3 is 0 Å². The Morgan fingerprint density at radius 1 is 0.333 bits per heavy atom. The molecule has 0 atom stereocenters. The maximum absolute atomic E-state index is 10.8. The summed E-state index contributed by atoms with van der Waals surface area (Å²) in [7, 11) is 5.61. The van der Waals surface area contributed by atoms with Crippen LogP contribution in [0.3, 0.4) is 0 Å². The number of aliphatic imine (C=N–C) groups is 3. The third kappa shape index (κ3) is 29.6. The number of allylic oxidation sites excluding steroid dienone is 2. The van der Waals surface area contributed by atoms with Crippen LogP contribution >= 0.6 is 0 Å². The van der Waals surface area contributed by atoms with E-state index < -0.39 is 0 Å². The van der Waals surface area contributed by atoms with Crippen LogP contribution in [0.5, 0.6) is 0 Å². The Morgan fingerprint density at radius 2 is 0.511 bits per heavy atom. The van der Waals surface area contributed by atoms with Gasteiger partial charge in [0.2, 0.25) is 0 Å². The normalized spacial score (nSPS) is 10.6. The van der Waals surface area contributed by atoms with Crippen molar-refractivity contribution >= 4 is 22.9 Å². The van der Waals surface area contributed by atoms with E-state index in [-0.39, 0.29) is 11.8 Å². The van der Waals surface area contributed by atoms with E-state index in [1.165, 1.54) is 22.7 Å². The standard InChI is InChI=1S/C10H20.3C8H17N.C7H14O/c1-7(2)10(8(3)4)9(5)6;3*1-6(2)8(9-5)7(3)4;1-5(2)7(8)6(3)4/h7-8H,1-6H3;3*6-7H,1-5H3;5-6H,1-4H3. The first-order chi connectivity index (χ1) is 20.3. The van der Waals surface area contributed by atoms with Crippen LogP contribution in [0.4, 0.5) is 0 Å². The van der Waals surface area contributed by atoms with E-state index in [1.54, 1.807) is 5.57 Å². The highest BCUT2D eigenvalue weighted by molar-refractivity contribution is 5.88. The minimum Gasteiger partial charge on any atom is -0.299 e. The maximum Gasteiger partial charge on any atom is 0.137 e. The Labute approximate surface area is 286 Å². The molecule has 0 N–H and O–H groups in total. The maximum atomic E-state index is 10.8. The Hall–Kier alpha value is -1.58. The van der Waals surface area contributed by atoms with Crippen LogP contribution in [0.25, 0.3) is 0 Å². The lowest BCUT2D eigenvalue weighted by molar-refractivity contribution is -0.124. The van der Waals surface area contributed by atoms with E-state index in [1.807, 2.05) is 48.8 Å². The molecule has 0 rings (SSSR count). The summed E-state index contributed by atoms with van der Waals surface area (Å²) in [6, 6.07) is 0. The SMILES string of the molecule is CC(C)=C(C(C)C)C(C)C.CC(C)C(=O)C(C)C.CN=C(C(C)C)C(C)C.CN=C(C(C)C)C(C)C.CN=C(C(C)C)C(C)C. The third-order valence-corrected chi connectivity index (χ3v) is 7.28. The summed E-state index contributed by atoms with van der Waals surface area (Å²) in [4.78, 5) is 23.5. The van der Waals surface area contributed by atoms with Crippen molar-refractivity contribution in [3.8, 4) is 0 Å². The molecule has 270 valence electrons. The number of nitrogens with zero attached hydrogens (tertiary/aromatic N) is 3. The van der Waals surface area contributed by atoms with Crippen LogP contribution in [0.1, 0.15) is 152 Å². The van der Waals surface area contributed by atoms with E-state index in [9.17, 15) is 4.79 Å². The first-order valence-electron chi connectivity index (χ1n) is 17.9. The molecule has 0 heterocycles. The summed E-state index contributed by atoms with van der Waals surface area (Å²) >= 11 is 0. The monoisotopic (exact) mass is 636 g/mol. The molecule has 0 aliphatic heterocycles. The van der Waals surface area contributed by atoms with Crippen LogP contribution in [0.2, 0.25) is 0 Å². The number of carbonyl (C=O) groups excluding carboxylic acids is 1. The van der Waals surface area contributed by atoms with E-state index in [0.717, 1.165) is 0 Å². The molecule has 0 aromatic carbocycles. The second-order valence-electron chi connectivity index (χ2n) is 15.4. The quantitative estimate of drug-likeness (QED) is 0.174. The van der Waals surface area contributed by atoms with Crippen molar-refractivity contribution in [1.82, 2.24) is 0 Å². The molecule has 0 fully saturated rings. The molecular formula is C41H85N3O. The predicted octanol–water partition coefficient (Wildman–Crippen LogP) is 12.6. The molecule has 0 radical (unpaired) electrons. The van der Waals surface area contributed by atoms with E-state index in [2.05, 4.69) is 140 Å². The Morgan fingerprint density at radius 3 is 0.511 bits per heavy atom. The summed E-state index contributed by atoms with van der Waals surface area (Å²) in [5, 5.41) is 0. The molecule has 0 unspecified atom stereocenters. The van der Waals surface area contributed by atoms with Gasteiger partial charge in [0.15, 0.2) is 0 Å². The second-order valence-corrected chi connectivity index (χ2v) is 15.4. The van der Waals surface area contributed by atoms with Crippen molar-refractivity contribution in [2.75, 3.05) is 21.1 Å². The zero-order valence-electron chi connectivity index (χ0n) is 35.5. The number of carbonyl (C=O) groups is 1. The second kappa shape index (κ2) is 29.8. The summed E-state index contributed by atoms with van der Waals surface area (Å²) in [5.41, 5.74) is 7.05. The van der Waals surface area contributed by atoms with Gasteiger partial charge in [0, 0.05) is 50.1 Å². The minimum atomic E-state index is 0.204. The Balaban J connectivity index is -0.000000148. The number of Topliss-reactive ketones (excluding diaryl/α,β-unsaturated/α-hetero) is 1. The number of hydrogen-bond acceptors (Lipinski definition) is 4. The average molecular weight is 636 g/mol. The van der Waals surface area contributed by atoms with Gasteiger partial charge in [-0.1, -0.05) is 150 Å². The van der Waals surface area contributed by atoms with Crippen LogP contribution in [0.15, 0.2) is 26.1 Å². The Bertz CT molecular complexity index is 725. The van der Waals surface area contributed by atoms with Crippen molar-refractivity contribution in [3.05, 3.63) is 11.1 Å². The molecule has 45 heavy (non-hydrogen) atoms. The summed E-state index contributed by atoms with van der Waals surface area (Å²) in [6.45, 7) is 47.4. The van der Waals surface area contributed by atoms with E-state index >= 15 is 0 Å². The van der Waals surface area contributed by atoms with Crippen molar-refractivity contribution in [2.45, 2.75) is 152 Å². The van der Waals surface area contributed by atoms with Gasteiger partial charge in [-0.15, -0.1) is 0 Å². The molecule has 0 saturated carbocycles. The van der Waals surface area contributed by atoms with Crippen LogP contribution in [-0.4, -0.2) is 44.1 Å². The van der Waals surface area contributed by atoms with Crippen molar-refractivity contribution in [2.24, 2.45) is 74.2 Å². The first kappa shape index (κ1) is 52.9. The number of rotatable bonds is 10. The van der Waals surface area contributed by atoms with Gasteiger partial charge in [-0.3, -0.25) is 19.8 Å². The van der Waals surface area contributed by atoms with Crippen LogP contribution < -0.4 is 0 Å². The van der Waals surface area contributed by atoms with Gasteiger partial charge in [0.1, 0.15) is 5.78 Å². The minimum absolute atomic E-state index is 0.204. The van der Waals surface area contributed by atoms with Gasteiger partial charge < -0.3 is 0 Å². The molecule has 0 aromatic rings. The third-order valence-electron chi connectivity index (χ3n) is 7.28. The lowest BCUT2D eigenvalue weighted by Crippen LogP contribution is -2.14. The summed E-state index contributed by atoms with van der Waals surface area (Å²) in [6.07, 6.45) is 0. The molecule has 0 aliphatic rings. The zero-order chi connectivity index (χ0) is 37.4. The molecule has 4 nitrogen and oxygen atoms in total. The van der Waals surface area contributed by atoms with Gasteiger partial charge in [0.05, 0.1) is 0 Å². The van der Waals surface area contributed by atoms with Gasteiger partial charge in [-0.25, -0.2) is 0 Å². The molecular weight excluding hydrogens is 550 g/mol. The molecule has 0 spiro atoms. The largest absolute Gasteiger partial charge is 0.299 e. The number of ketones is 1. The predicted molar refractivity (Wildman–Crippen MR) is 212 cm³/mol. The van der Waals surface area contributed by atoms with Crippen LogP contribution in [-0.2, 0) is 4.79 Å². The van der Waals surface area contributed by atoms with E-state index in [4.69, 9.17) is 0 Å². The molecule has 0 amide bonds. The van der Waals surface area contributed by atoms with Crippen molar-refractivity contribution in [1.29, 1.82) is 0 Å². The van der Waals surface area contributed by atoms with Gasteiger partial charge in [0.25, 0.3) is 0 Å². The summed E-state index contributed by atoms with van der Waals surface area (Å²) < 4.78 is 0. The van der Waals surface area contributed by atoms with Crippen LogP contribution in [0, 0.1) is 59.2 Å². The highest BCUT2D eigenvalue weighted by Crippen LogP contribution is 2.22. The van der Waals surface area contributed by atoms with Crippen molar-refractivity contribution < 1.29 is 4.79 Å². The van der Waals surface area contributed by atoms with E-state index in [0.29, 0.717) is 53.1 Å². The van der Waals surface area contributed by atoms with Gasteiger partial charge in [-0.2, -0.15) is 0 Å². The molecule has 0 saturated heterocycles. The smallest absolute Gasteiger partial charge is 0.137 e. The molecule has 0 bridgehead atoms. The Kier molecular flexibility index (Phi) is 35.1.